The van der Waals surface area contributed by atoms with Crippen molar-refractivity contribution in [2.75, 3.05) is 5.32 Å². The van der Waals surface area contributed by atoms with Crippen LogP contribution in [0.4, 0.5) is 5.69 Å². The highest BCUT2D eigenvalue weighted by molar-refractivity contribution is 6.31. The first kappa shape index (κ1) is 22.5. The number of benzene rings is 2. The van der Waals surface area contributed by atoms with Crippen LogP contribution >= 0.6 is 11.6 Å². The summed E-state index contributed by atoms with van der Waals surface area (Å²) in [7, 11) is 0. The van der Waals surface area contributed by atoms with Crippen molar-refractivity contribution in [2.45, 2.75) is 33.7 Å². The maximum absolute atomic E-state index is 13.3. The van der Waals surface area contributed by atoms with E-state index in [2.05, 4.69) is 22.0 Å². The quantitative estimate of drug-likeness (QED) is 0.428. The lowest BCUT2D eigenvalue weighted by Gasteiger charge is -2.14. The third-order valence-electron chi connectivity index (χ3n) is 5.56. The van der Waals surface area contributed by atoms with E-state index < -0.39 is 0 Å². The second-order valence-corrected chi connectivity index (χ2v) is 8.40. The number of carbonyl (C=O) groups is 1. The van der Waals surface area contributed by atoms with Crippen molar-refractivity contribution in [2.24, 2.45) is 0 Å². The van der Waals surface area contributed by atoms with Gasteiger partial charge in [0, 0.05) is 34.1 Å². The maximum atomic E-state index is 13.3. The second kappa shape index (κ2) is 9.03. The molecule has 0 bridgehead atoms. The molecule has 2 heterocycles. The molecule has 7 nitrogen and oxygen atoms in total. The third-order valence-corrected chi connectivity index (χ3v) is 5.79. The van der Waals surface area contributed by atoms with E-state index in [0.717, 1.165) is 16.7 Å². The molecule has 2 aromatic carbocycles. The first-order chi connectivity index (χ1) is 15.8. The highest BCUT2D eigenvalue weighted by Crippen LogP contribution is 2.21. The van der Waals surface area contributed by atoms with Crippen molar-refractivity contribution in [1.82, 2.24) is 19.2 Å². The number of nitrogens with one attached hydrogen (secondary N) is 1. The van der Waals surface area contributed by atoms with Gasteiger partial charge in [0.25, 0.3) is 5.56 Å². The van der Waals surface area contributed by atoms with Crippen molar-refractivity contribution >= 4 is 29.0 Å². The Labute approximate surface area is 196 Å². The lowest BCUT2D eigenvalue weighted by molar-refractivity contribution is -0.115. The smallest absolute Gasteiger partial charge is 0.279 e. The Bertz CT molecular complexity index is 1430. The number of amides is 1. The molecule has 4 rings (SSSR count). The predicted octanol–water partition coefficient (Wildman–Crippen LogP) is 4.50. The van der Waals surface area contributed by atoms with Crippen LogP contribution in [0.3, 0.4) is 0 Å². The van der Waals surface area contributed by atoms with Crippen LogP contribution in [0.25, 0.3) is 17.2 Å². The van der Waals surface area contributed by atoms with E-state index in [-0.39, 0.29) is 17.9 Å². The van der Waals surface area contributed by atoms with E-state index in [9.17, 15) is 9.59 Å². The Morgan fingerprint density at radius 2 is 1.88 bits per heavy atom. The van der Waals surface area contributed by atoms with Gasteiger partial charge in [0.2, 0.25) is 11.7 Å². The van der Waals surface area contributed by atoms with Gasteiger partial charge in [-0.15, -0.1) is 11.7 Å². The fourth-order valence-corrected chi connectivity index (χ4v) is 3.84. The van der Waals surface area contributed by atoms with E-state index >= 15 is 0 Å². The van der Waals surface area contributed by atoms with Gasteiger partial charge in [0.05, 0.1) is 6.42 Å². The van der Waals surface area contributed by atoms with E-state index in [4.69, 9.17) is 11.6 Å². The Morgan fingerprint density at radius 1 is 1.15 bits per heavy atom. The summed E-state index contributed by atoms with van der Waals surface area (Å²) in [6, 6.07) is 13.0. The molecule has 0 aliphatic rings. The van der Waals surface area contributed by atoms with Crippen molar-refractivity contribution < 1.29 is 4.79 Å². The zero-order valence-electron chi connectivity index (χ0n) is 18.7. The topological polar surface area (TPSA) is 81.3 Å². The first-order valence-electron chi connectivity index (χ1n) is 10.5. The normalized spacial score (nSPS) is 11.0. The summed E-state index contributed by atoms with van der Waals surface area (Å²) in [4.78, 5) is 30.8. The fraction of sp³-hybridized carbons (Fsp3) is 0.200. The van der Waals surface area contributed by atoms with E-state index in [1.165, 1.54) is 4.52 Å². The van der Waals surface area contributed by atoms with Crippen LogP contribution in [0.5, 0.6) is 0 Å². The van der Waals surface area contributed by atoms with Crippen LogP contribution in [0.1, 0.15) is 22.4 Å². The molecule has 1 N–H and O–H groups in total. The molecule has 8 heteroatoms. The number of carbonyl (C=O) groups excluding carboxylic acids is 1. The number of nitrogens with zero attached hydrogens (tertiary/aromatic N) is 4. The average Bonchev–Trinajstić information content (AvgIpc) is 3.23. The molecule has 0 unspecified atom stereocenters. The number of rotatable bonds is 6. The molecule has 0 saturated heterocycles. The van der Waals surface area contributed by atoms with Gasteiger partial charge < -0.3 is 9.88 Å². The number of allylic oxidation sites excluding steroid dienone is 1. The number of aryl methyl sites for hydroxylation is 2. The Kier molecular flexibility index (Phi) is 6.16. The molecule has 2 aromatic heterocycles. The highest BCUT2D eigenvalue weighted by Gasteiger charge is 2.20. The molecule has 33 heavy (non-hydrogen) atoms. The summed E-state index contributed by atoms with van der Waals surface area (Å²) in [5.41, 5.74) is 4.04. The van der Waals surface area contributed by atoms with Gasteiger partial charge in [0.1, 0.15) is 0 Å². The zero-order valence-corrected chi connectivity index (χ0v) is 19.5. The number of fused-ring (bicyclic) bond motifs is 1. The fourth-order valence-electron chi connectivity index (χ4n) is 3.67. The maximum Gasteiger partial charge on any atom is 0.279 e. The van der Waals surface area contributed by atoms with Gasteiger partial charge in [-0.3, -0.25) is 9.59 Å². The number of halogens is 1. The molecule has 0 aliphatic heterocycles. The van der Waals surface area contributed by atoms with Gasteiger partial charge in [0.15, 0.2) is 5.82 Å². The van der Waals surface area contributed by atoms with Crippen molar-refractivity contribution in [3.05, 3.63) is 92.9 Å². The summed E-state index contributed by atoms with van der Waals surface area (Å²) < 4.78 is 3.10. The van der Waals surface area contributed by atoms with E-state index in [1.54, 1.807) is 25.1 Å². The largest absolute Gasteiger partial charge is 0.326 e. The van der Waals surface area contributed by atoms with Gasteiger partial charge in [-0.05, 0) is 38.5 Å². The molecule has 0 spiro atoms. The predicted molar refractivity (Wildman–Crippen MR) is 131 cm³/mol. The second-order valence-electron chi connectivity index (χ2n) is 7.97. The summed E-state index contributed by atoms with van der Waals surface area (Å²) in [6.45, 7) is 9.92. The number of anilines is 1. The standard InChI is InChI=1S/C25H24ClN5O2/c1-5-12-30-17(4)20(14-22(32)27-21-13-19(26)11-8-16(21)3)24(33)31-25(30)28-23(29-31)18-9-6-15(2)7-10-18/h5-11,13H,1,12,14H2,2-4H3,(H,27,32). The highest BCUT2D eigenvalue weighted by atomic mass is 35.5. The summed E-state index contributed by atoms with van der Waals surface area (Å²) in [5, 5.41) is 7.84. The SMILES string of the molecule is C=CCn1c(C)c(CC(=O)Nc2cc(Cl)ccc2C)c(=O)n2nc(-c3ccc(C)cc3)nc12. The molecule has 1 amide bonds. The van der Waals surface area contributed by atoms with Gasteiger partial charge in [-0.25, -0.2) is 0 Å². The van der Waals surface area contributed by atoms with Crippen LogP contribution in [0.2, 0.25) is 5.02 Å². The Balaban J connectivity index is 1.77. The molecule has 0 fully saturated rings. The van der Waals surface area contributed by atoms with Crippen molar-refractivity contribution in [3.8, 4) is 11.4 Å². The van der Waals surface area contributed by atoms with E-state index in [0.29, 0.717) is 40.1 Å². The molecular formula is C25H24ClN5O2. The minimum atomic E-state index is -0.369. The third kappa shape index (κ3) is 4.45. The molecule has 0 atom stereocenters. The van der Waals surface area contributed by atoms with Gasteiger partial charge in [-0.1, -0.05) is 53.6 Å². The van der Waals surface area contributed by atoms with Crippen LogP contribution in [0.15, 0.2) is 59.9 Å². The monoisotopic (exact) mass is 461 g/mol. The van der Waals surface area contributed by atoms with Gasteiger partial charge in [-0.2, -0.15) is 9.50 Å². The summed E-state index contributed by atoms with van der Waals surface area (Å²) >= 11 is 6.06. The molecule has 0 aliphatic carbocycles. The Hall–Kier alpha value is -3.71. The summed E-state index contributed by atoms with van der Waals surface area (Å²) in [5.74, 6) is 0.534. The lowest BCUT2D eigenvalue weighted by atomic mass is 10.1. The van der Waals surface area contributed by atoms with Gasteiger partial charge >= 0.3 is 0 Å². The minimum absolute atomic E-state index is 0.108. The van der Waals surface area contributed by atoms with Crippen LogP contribution < -0.4 is 10.9 Å². The molecular weight excluding hydrogens is 438 g/mol. The molecule has 168 valence electrons. The van der Waals surface area contributed by atoms with Crippen LogP contribution in [0, 0.1) is 20.8 Å². The van der Waals surface area contributed by atoms with Crippen molar-refractivity contribution in [1.29, 1.82) is 0 Å². The Morgan fingerprint density at radius 3 is 2.58 bits per heavy atom. The zero-order chi connectivity index (χ0) is 23.7. The number of hydrogen-bond donors (Lipinski definition) is 1. The molecule has 0 saturated carbocycles. The lowest BCUT2D eigenvalue weighted by Crippen LogP contribution is -2.29. The minimum Gasteiger partial charge on any atom is -0.326 e. The van der Waals surface area contributed by atoms with E-state index in [1.807, 2.05) is 48.7 Å². The summed E-state index contributed by atoms with van der Waals surface area (Å²) in [6.07, 6.45) is 1.61. The van der Waals surface area contributed by atoms with Crippen LogP contribution in [-0.2, 0) is 17.8 Å². The first-order valence-corrected chi connectivity index (χ1v) is 10.9. The number of aromatic nitrogens is 4. The molecule has 4 aromatic rings. The average molecular weight is 462 g/mol. The molecule has 0 radical (unpaired) electrons. The number of hydrogen-bond acceptors (Lipinski definition) is 4. The van der Waals surface area contributed by atoms with Crippen molar-refractivity contribution in [3.63, 3.8) is 0 Å². The van der Waals surface area contributed by atoms with Crippen LogP contribution in [-0.4, -0.2) is 25.1 Å².